The summed E-state index contributed by atoms with van der Waals surface area (Å²) in [6, 6.07) is 10.2. The number of hydrogen-bond acceptors (Lipinski definition) is 4. The molecule has 0 aliphatic carbocycles. The molecule has 0 unspecified atom stereocenters. The first-order chi connectivity index (χ1) is 12.3. The summed E-state index contributed by atoms with van der Waals surface area (Å²) in [5.41, 5.74) is 2.53. The van der Waals surface area contributed by atoms with E-state index in [0.29, 0.717) is 21.5 Å². The minimum atomic E-state index is -1.01. The number of nitrogens with one attached hydrogen (secondary N) is 1. The van der Waals surface area contributed by atoms with Crippen LogP contribution < -0.4 is 10.1 Å². The maximum atomic E-state index is 12.1. The Hall–Kier alpha value is -2.24. The standard InChI is InChI=1S/C19H19Cl2NO4/c1-11-4-6-15(8-12(11)2)25-10-18(23)26-13(3)19(24)22-17-9-14(20)5-7-16(17)21/h4-9,13H,10H2,1-3H3,(H,22,24)/t13-/m1/s1. The Morgan fingerprint density at radius 1 is 1.08 bits per heavy atom. The van der Waals surface area contributed by atoms with Gasteiger partial charge in [-0.2, -0.15) is 0 Å². The maximum Gasteiger partial charge on any atom is 0.344 e. The number of ether oxygens (including phenoxy) is 2. The fraction of sp³-hybridized carbons (Fsp3) is 0.263. The smallest absolute Gasteiger partial charge is 0.344 e. The summed E-state index contributed by atoms with van der Waals surface area (Å²) >= 11 is 11.9. The van der Waals surface area contributed by atoms with Crippen molar-refractivity contribution in [3.8, 4) is 5.75 Å². The van der Waals surface area contributed by atoms with Crippen molar-refractivity contribution in [2.75, 3.05) is 11.9 Å². The number of anilines is 1. The molecular weight excluding hydrogens is 377 g/mol. The first kappa shape index (κ1) is 20.1. The monoisotopic (exact) mass is 395 g/mol. The molecule has 0 aliphatic rings. The van der Waals surface area contributed by atoms with Crippen LogP contribution in [0.25, 0.3) is 0 Å². The van der Waals surface area contributed by atoms with Crippen LogP contribution in [-0.2, 0) is 14.3 Å². The third kappa shape index (κ3) is 5.64. The maximum absolute atomic E-state index is 12.1. The fourth-order valence-corrected chi connectivity index (χ4v) is 2.40. The Kier molecular flexibility index (Phi) is 6.89. The summed E-state index contributed by atoms with van der Waals surface area (Å²) in [4.78, 5) is 24.0. The molecule has 2 aromatic rings. The number of aryl methyl sites for hydroxylation is 2. The van der Waals surface area contributed by atoms with Gasteiger partial charge in [0.1, 0.15) is 5.75 Å². The molecule has 0 saturated carbocycles. The van der Waals surface area contributed by atoms with Crippen LogP contribution in [0.3, 0.4) is 0 Å². The normalized spacial score (nSPS) is 11.6. The zero-order chi connectivity index (χ0) is 19.3. The van der Waals surface area contributed by atoms with Crippen LogP contribution in [0.5, 0.6) is 5.75 Å². The van der Waals surface area contributed by atoms with E-state index in [2.05, 4.69) is 5.32 Å². The van der Waals surface area contributed by atoms with Gasteiger partial charge in [-0.15, -0.1) is 0 Å². The van der Waals surface area contributed by atoms with E-state index in [1.165, 1.54) is 13.0 Å². The van der Waals surface area contributed by atoms with Gasteiger partial charge in [-0.1, -0.05) is 29.3 Å². The van der Waals surface area contributed by atoms with Gasteiger partial charge < -0.3 is 14.8 Å². The van der Waals surface area contributed by atoms with Gasteiger partial charge in [0.15, 0.2) is 12.7 Å². The van der Waals surface area contributed by atoms with Gasteiger partial charge in [0.05, 0.1) is 10.7 Å². The SMILES string of the molecule is Cc1ccc(OCC(=O)O[C@H](C)C(=O)Nc2cc(Cl)ccc2Cl)cc1C. The topological polar surface area (TPSA) is 64.6 Å². The third-order valence-corrected chi connectivity index (χ3v) is 4.26. The summed E-state index contributed by atoms with van der Waals surface area (Å²) in [6.07, 6.45) is -1.01. The molecule has 5 nitrogen and oxygen atoms in total. The highest BCUT2D eigenvalue weighted by atomic mass is 35.5. The molecule has 1 N–H and O–H groups in total. The molecule has 0 saturated heterocycles. The van der Waals surface area contributed by atoms with Crippen molar-refractivity contribution in [1.82, 2.24) is 0 Å². The number of amides is 1. The lowest BCUT2D eigenvalue weighted by molar-refractivity contribution is -0.155. The number of carbonyl (C=O) groups excluding carboxylic acids is 2. The fourth-order valence-electron chi connectivity index (χ4n) is 2.06. The second-order valence-corrected chi connectivity index (χ2v) is 6.62. The van der Waals surface area contributed by atoms with Crippen LogP contribution in [0, 0.1) is 13.8 Å². The van der Waals surface area contributed by atoms with Crippen molar-refractivity contribution in [2.24, 2.45) is 0 Å². The predicted molar refractivity (Wildman–Crippen MR) is 102 cm³/mol. The molecule has 0 heterocycles. The van der Waals surface area contributed by atoms with E-state index in [0.717, 1.165) is 11.1 Å². The van der Waals surface area contributed by atoms with E-state index in [9.17, 15) is 9.59 Å². The second-order valence-electron chi connectivity index (χ2n) is 5.78. The van der Waals surface area contributed by atoms with Crippen LogP contribution >= 0.6 is 23.2 Å². The minimum Gasteiger partial charge on any atom is -0.482 e. The van der Waals surface area contributed by atoms with E-state index in [4.69, 9.17) is 32.7 Å². The highest BCUT2D eigenvalue weighted by Crippen LogP contribution is 2.25. The average Bonchev–Trinajstić information content (AvgIpc) is 2.59. The Morgan fingerprint density at radius 2 is 1.81 bits per heavy atom. The minimum absolute atomic E-state index is 0.294. The summed E-state index contributed by atoms with van der Waals surface area (Å²) in [5, 5.41) is 3.33. The molecule has 0 radical (unpaired) electrons. The molecule has 138 valence electrons. The molecule has 7 heteroatoms. The van der Waals surface area contributed by atoms with Crippen molar-refractivity contribution in [3.05, 3.63) is 57.6 Å². The second kappa shape index (κ2) is 8.92. The van der Waals surface area contributed by atoms with Crippen molar-refractivity contribution >= 4 is 40.8 Å². The van der Waals surface area contributed by atoms with Gasteiger partial charge in [0.2, 0.25) is 0 Å². The molecule has 2 aromatic carbocycles. The highest BCUT2D eigenvalue weighted by Gasteiger charge is 2.19. The summed E-state index contributed by atoms with van der Waals surface area (Å²) < 4.78 is 10.5. The van der Waals surface area contributed by atoms with Gasteiger partial charge in [-0.3, -0.25) is 4.79 Å². The number of rotatable bonds is 6. The number of benzene rings is 2. The van der Waals surface area contributed by atoms with Gasteiger partial charge in [0.25, 0.3) is 5.91 Å². The largest absolute Gasteiger partial charge is 0.482 e. The molecule has 0 aliphatic heterocycles. The van der Waals surface area contributed by atoms with E-state index >= 15 is 0 Å². The predicted octanol–water partition coefficient (Wildman–Crippen LogP) is 4.56. The van der Waals surface area contributed by atoms with Gasteiger partial charge >= 0.3 is 5.97 Å². The van der Waals surface area contributed by atoms with Gasteiger partial charge in [-0.25, -0.2) is 4.79 Å². The molecule has 0 aromatic heterocycles. The van der Waals surface area contributed by atoms with Crippen molar-refractivity contribution in [2.45, 2.75) is 26.9 Å². The molecule has 0 spiro atoms. The Morgan fingerprint density at radius 3 is 2.50 bits per heavy atom. The number of esters is 1. The number of hydrogen-bond donors (Lipinski definition) is 1. The number of halogens is 2. The van der Waals surface area contributed by atoms with Crippen LogP contribution in [0.15, 0.2) is 36.4 Å². The van der Waals surface area contributed by atoms with E-state index in [1.54, 1.807) is 18.2 Å². The Bertz CT molecular complexity index is 823. The summed E-state index contributed by atoms with van der Waals surface area (Å²) in [6.45, 7) is 5.10. The Labute approximate surface area is 162 Å². The third-order valence-electron chi connectivity index (χ3n) is 3.70. The van der Waals surface area contributed by atoms with Crippen LogP contribution in [-0.4, -0.2) is 24.6 Å². The zero-order valence-electron chi connectivity index (χ0n) is 14.6. The van der Waals surface area contributed by atoms with E-state index in [-0.39, 0.29) is 6.61 Å². The molecule has 1 amide bonds. The van der Waals surface area contributed by atoms with E-state index in [1.807, 2.05) is 26.0 Å². The lowest BCUT2D eigenvalue weighted by Gasteiger charge is -2.15. The zero-order valence-corrected chi connectivity index (χ0v) is 16.1. The van der Waals surface area contributed by atoms with E-state index < -0.39 is 18.0 Å². The average molecular weight is 396 g/mol. The molecule has 26 heavy (non-hydrogen) atoms. The molecule has 0 bridgehead atoms. The quantitative estimate of drug-likeness (QED) is 0.728. The highest BCUT2D eigenvalue weighted by molar-refractivity contribution is 6.35. The lowest BCUT2D eigenvalue weighted by atomic mass is 10.1. The van der Waals surface area contributed by atoms with Crippen molar-refractivity contribution < 1.29 is 19.1 Å². The lowest BCUT2D eigenvalue weighted by Crippen LogP contribution is -2.31. The van der Waals surface area contributed by atoms with Gasteiger partial charge in [0, 0.05) is 5.02 Å². The molecule has 2 rings (SSSR count). The van der Waals surface area contributed by atoms with Crippen molar-refractivity contribution in [3.63, 3.8) is 0 Å². The first-order valence-corrected chi connectivity index (χ1v) is 8.67. The van der Waals surface area contributed by atoms with Crippen LogP contribution in [0.2, 0.25) is 10.0 Å². The number of carbonyl (C=O) groups is 2. The Balaban J connectivity index is 1.86. The van der Waals surface area contributed by atoms with Crippen LogP contribution in [0.1, 0.15) is 18.1 Å². The van der Waals surface area contributed by atoms with Crippen molar-refractivity contribution in [1.29, 1.82) is 0 Å². The first-order valence-electron chi connectivity index (χ1n) is 7.91. The van der Waals surface area contributed by atoms with Crippen LogP contribution in [0.4, 0.5) is 5.69 Å². The summed E-state index contributed by atoms with van der Waals surface area (Å²) in [5.74, 6) is -0.607. The molecule has 1 atom stereocenters. The summed E-state index contributed by atoms with van der Waals surface area (Å²) in [7, 11) is 0. The molecule has 0 fully saturated rings. The molecular formula is C19H19Cl2NO4. The van der Waals surface area contributed by atoms with Gasteiger partial charge in [-0.05, 0) is 62.2 Å².